The maximum atomic E-state index is 2.17. The van der Waals surface area contributed by atoms with Gasteiger partial charge in [0.15, 0.2) is 0 Å². The second kappa shape index (κ2) is 36.0. The third-order valence-corrected chi connectivity index (χ3v) is 0. The zero-order valence-corrected chi connectivity index (χ0v) is 17.1. The van der Waals surface area contributed by atoms with E-state index in [4.69, 9.17) is 0 Å². The first kappa shape index (κ1) is 43.4. The summed E-state index contributed by atoms with van der Waals surface area (Å²) in [4.78, 5) is 0. The topological polar surface area (TPSA) is 0 Å². The van der Waals surface area contributed by atoms with Crippen LogP contribution in [0.4, 0.5) is 0 Å². The molecular weight excluding hydrogens is 269 g/mol. The van der Waals surface area contributed by atoms with Gasteiger partial charge in [-0.1, -0.05) is 62.3 Å². The van der Waals surface area contributed by atoms with Crippen molar-refractivity contribution in [3.05, 3.63) is 22.3 Å². The molecule has 0 aromatic heterocycles. The van der Waals surface area contributed by atoms with Crippen molar-refractivity contribution < 1.29 is 32.7 Å². The molecule has 16 heavy (non-hydrogen) atoms. The second-order valence-electron chi connectivity index (χ2n) is 5.20. The molecule has 0 heterocycles. The fourth-order valence-electron chi connectivity index (χ4n) is 0. The van der Waals surface area contributed by atoms with Crippen molar-refractivity contribution in [1.29, 1.82) is 0 Å². The maximum absolute atomic E-state index is 2.17. The summed E-state index contributed by atoms with van der Waals surface area (Å²) >= 11 is 0. The molecule has 0 aliphatic heterocycles. The van der Waals surface area contributed by atoms with E-state index in [0.29, 0.717) is 0 Å². The average Bonchev–Trinajstić information content (AvgIpc) is 1.54. The fourth-order valence-corrected chi connectivity index (χ4v) is 0. The van der Waals surface area contributed by atoms with Crippen LogP contribution in [0.3, 0.4) is 0 Å². The summed E-state index contributed by atoms with van der Waals surface area (Å²) in [6, 6.07) is 0. The van der Waals surface area contributed by atoms with Gasteiger partial charge in [0.05, 0.1) is 0 Å². The predicted octanol–water partition coefficient (Wildman–Crippen LogP) is 6.34. The molecule has 1 heteroatoms. The van der Waals surface area contributed by atoms with E-state index >= 15 is 0 Å². The normalized spacial score (nSPS) is 6.75. The summed E-state index contributed by atoms with van der Waals surface area (Å²) in [5.74, 6) is 2.50. The van der Waals surface area contributed by atoms with Crippen molar-refractivity contribution in [1.82, 2.24) is 0 Å². The summed E-state index contributed by atoms with van der Waals surface area (Å²) in [5.41, 5.74) is 0. The summed E-state index contributed by atoms with van der Waals surface area (Å²) in [5, 5.41) is 0. The molecule has 0 N–H and O–H groups in total. The van der Waals surface area contributed by atoms with Crippen LogP contribution in [0.25, 0.3) is 0 Å². The van der Waals surface area contributed by atoms with Crippen molar-refractivity contribution >= 4 is 0 Å². The molecule has 0 amide bonds. The molecule has 0 saturated heterocycles. The molecule has 0 fully saturated rings. The van der Waals surface area contributed by atoms with Crippen molar-refractivity contribution in [3.8, 4) is 0 Å². The van der Waals surface area contributed by atoms with Gasteiger partial charge in [0, 0.05) is 0 Å². The van der Waals surface area contributed by atoms with Crippen molar-refractivity contribution in [2.24, 2.45) is 17.8 Å². The largest absolute Gasteiger partial charge is 3.00 e. The van der Waals surface area contributed by atoms with Crippen LogP contribution in [-0.4, -0.2) is 0 Å². The van der Waals surface area contributed by atoms with E-state index in [2.05, 4.69) is 62.3 Å². The van der Waals surface area contributed by atoms with E-state index in [1.54, 1.807) is 0 Å². The SMILES string of the molecule is CC(C)C.CC(C)C.CC(C)C.[CH3-].[CH3-].[CH3-].[Y+3]. The molecule has 0 unspecified atom stereocenters. The van der Waals surface area contributed by atoms with Gasteiger partial charge in [-0.05, 0) is 17.8 Å². The van der Waals surface area contributed by atoms with Gasteiger partial charge in [-0.15, -0.1) is 0 Å². The second-order valence-corrected chi connectivity index (χ2v) is 5.20. The molecule has 0 radical (unpaired) electrons. The maximum Gasteiger partial charge on any atom is 3.00 e. The molecule has 0 atom stereocenters. The molecule has 102 valence electrons. The molecule has 0 aliphatic rings. The molecule has 0 aliphatic carbocycles. The van der Waals surface area contributed by atoms with Crippen LogP contribution in [-0.2, 0) is 32.7 Å². The minimum atomic E-state index is 0. The first-order chi connectivity index (χ1) is 5.20. The smallest absolute Gasteiger partial charge is 0.358 e. The third kappa shape index (κ3) is 2470. The molecule has 0 aromatic carbocycles. The molecule has 0 aromatic rings. The number of hydrogen-bond donors (Lipinski definition) is 0. The summed E-state index contributed by atoms with van der Waals surface area (Å²) in [6.07, 6.45) is 0. The van der Waals surface area contributed by atoms with Gasteiger partial charge in [0.1, 0.15) is 0 Å². The van der Waals surface area contributed by atoms with E-state index in [1.165, 1.54) is 0 Å². The monoisotopic (exact) mass is 308 g/mol. The Hall–Kier alpha value is 1.10. The predicted molar refractivity (Wildman–Crippen MR) is 80.8 cm³/mol. The van der Waals surface area contributed by atoms with Gasteiger partial charge in [-0.2, -0.15) is 0 Å². The zero-order valence-electron chi connectivity index (χ0n) is 14.3. The minimum Gasteiger partial charge on any atom is -0.358 e. The minimum absolute atomic E-state index is 0. The van der Waals surface area contributed by atoms with Gasteiger partial charge in [-0.25, -0.2) is 0 Å². The van der Waals surface area contributed by atoms with Crippen LogP contribution in [0.1, 0.15) is 62.3 Å². The zero-order chi connectivity index (χ0) is 10.7. The van der Waals surface area contributed by atoms with E-state index in [9.17, 15) is 0 Å². The van der Waals surface area contributed by atoms with E-state index < -0.39 is 0 Å². The van der Waals surface area contributed by atoms with Crippen molar-refractivity contribution in [2.75, 3.05) is 0 Å². The Morgan fingerprint density at radius 3 is 0.375 bits per heavy atom. The first-order valence-corrected chi connectivity index (χ1v) is 5.20. The van der Waals surface area contributed by atoms with Gasteiger partial charge in [0.25, 0.3) is 0 Å². The first-order valence-electron chi connectivity index (χ1n) is 5.20. The number of hydrogen-bond acceptors (Lipinski definition) is 0. The molecule has 0 rings (SSSR count). The Morgan fingerprint density at radius 2 is 0.375 bits per heavy atom. The summed E-state index contributed by atoms with van der Waals surface area (Å²) < 4.78 is 0. The van der Waals surface area contributed by atoms with Gasteiger partial charge in [-0.3, -0.25) is 0 Å². The van der Waals surface area contributed by atoms with Crippen LogP contribution in [0.5, 0.6) is 0 Å². The van der Waals surface area contributed by atoms with Crippen molar-refractivity contribution in [2.45, 2.75) is 62.3 Å². The Bertz CT molecular complexity index is 33.9. The fraction of sp³-hybridized carbons (Fsp3) is 0.800. The molecular formula is C15H39Y. The average molecular weight is 308 g/mol. The Balaban J connectivity index is -0.0000000135. The summed E-state index contributed by atoms with van der Waals surface area (Å²) in [7, 11) is 0. The molecule has 0 nitrogen and oxygen atoms in total. The van der Waals surface area contributed by atoms with Crippen LogP contribution < -0.4 is 0 Å². The Morgan fingerprint density at radius 1 is 0.375 bits per heavy atom. The summed E-state index contributed by atoms with van der Waals surface area (Å²) in [6.45, 7) is 19.5. The van der Waals surface area contributed by atoms with Crippen LogP contribution >= 0.6 is 0 Å². The Kier molecular flexibility index (Phi) is 97.7. The van der Waals surface area contributed by atoms with Crippen LogP contribution in [0, 0.1) is 40.0 Å². The van der Waals surface area contributed by atoms with Crippen molar-refractivity contribution in [3.63, 3.8) is 0 Å². The van der Waals surface area contributed by atoms with E-state index in [-0.39, 0.29) is 55.0 Å². The van der Waals surface area contributed by atoms with Gasteiger partial charge >= 0.3 is 32.7 Å². The Labute approximate surface area is 134 Å². The van der Waals surface area contributed by atoms with Crippen LogP contribution in [0.15, 0.2) is 0 Å². The van der Waals surface area contributed by atoms with Crippen LogP contribution in [0.2, 0.25) is 0 Å². The van der Waals surface area contributed by atoms with E-state index in [0.717, 1.165) is 17.8 Å². The number of rotatable bonds is 0. The molecule has 0 saturated carbocycles. The van der Waals surface area contributed by atoms with Gasteiger partial charge < -0.3 is 22.3 Å². The molecule has 0 spiro atoms. The molecule has 0 bridgehead atoms. The third-order valence-electron chi connectivity index (χ3n) is 0. The quantitative estimate of drug-likeness (QED) is 0.458. The van der Waals surface area contributed by atoms with E-state index in [1.807, 2.05) is 0 Å². The standard InChI is InChI=1S/3C4H10.3CH3.Y/c3*1-4(2)3;;;;/h3*4H,1-3H3;3*1H3;/q;;;3*-1;+3. The van der Waals surface area contributed by atoms with Gasteiger partial charge in [0.2, 0.25) is 0 Å².